The first-order valence-electron chi connectivity index (χ1n) is 7.76. The fourth-order valence-corrected chi connectivity index (χ4v) is 3.27. The summed E-state index contributed by atoms with van der Waals surface area (Å²) < 4.78 is 11.0. The van der Waals surface area contributed by atoms with Crippen molar-refractivity contribution in [2.75, 3.05) is 13.2 Å². The Morgan fingerprint density at radius 2 is 2.12 bits per heavy atom. The van der Waals surface area contributed by atoms with E-state index in [4.69, 9.17) is 14.9 Å². The molecule has 1 aliphatic heterocycles. The molecule has 3 rings (SSSR count). The van der Waals surface area contributed by atoms with Crippen LogP contribution in [-0.2, 0) is 16.1 Å². The number of furan rings is 1. The number of carbonyl (C=O) groups excluding carboxylic acids is 1. The lowest BCUT2D eigenvalue weighted by Gasteiger charge is -2.26. The molecule has 1 fully saturated rings. The van der Waals surface area contributed by atoms with Gasteiger partial charge in [-0.3, -0.25) is 4.79 Å². The molecule has 6 nitrogen and oxygen atoms in total. The number of carbonyl (C=O) groups is 1. The average Bonchev–Trinajstić information content (AvgIpc) is 3.21. The lowest BCUT2D eigenvalue weighted by atomic mass is 9.92. The normalized spacial score (nSPS) is 15.8. The summed E-state index contributed by atoms with van der Waals surface area (Å²) in [6.45, 7) is 3.65. The maximum Gasteiger partial charge on any atom is 0.237 e. The monoisotopic (exact) mass is 407 g/mol. The molecule has 0 bridgehead atoms. The highest BCUT2D eigenvalue weighted by atomic mass is 35.5. The molecule has 0 radical (unpaired) electrons. The number of nitrogens with one attached hydrogen (secondary N) is 1. The van der Waals surface area contributed by atoms with E-state index in [0.717, 1.165) is 23.5 Å². The Hall–Kier alpha value is -1.12. The molecular formula is C16H23Cl2N3O3S. The fourth-order valence-electron chi connectivity index (χ4n) is 2.67. The van der Waals surface area contributed by atoms with Crippen LogP contribution >= 0.6 is 36.2 Å². The SMILES string of the molecule is Cc1nc(-c2ccc(CNC(=O)C(N)C3CCOCC3)o2)cs1.Cl.Cl. The molecule has 140 valence electrons. The molecule has 2 aromatic heterocycles. The van der Waals surface area contributed by atoms with Gasteiger partial charge in [0.2, 0.25) is 5.91 Å². The second-order valence-corrected chi connectivity index (χ2v) is 6.77. The van der Waals surface area contributed by atoms with E-state index in [1.807, 2.05) is 24.4 Å². The standard InChI is InChI=1S/C16H21N3O3S.2ClH/c1-10-19-13(9-23-10)14-3-2-12(22-14)8-18-16(20)15(17)11-4-6-21-7-5-11;;/h2-3,9,11,15H,4-8,17H2,1H3,(H,18,20);2*1H. The zero-order valence-electron chi connectivity index (χ0n) is 13.9. The van der Waals surface area contributed by atoms with Crippen LogP contribution in [0.4, 0.5) is 0 Å². The Labute approximate surface area is 163 Å². The first kappa shape index (κ1) is 21.9. The van der Waals surface area contributed by atoms with Crippen LogP contribution in [0.3, 0.4) is 0 Å². The second kappa shape index (κ2) is 10.1. The number of hydrogen-bond acceptors (Lipinski definition) is 6. The number of thiazole rings is 1. The van der Waals surface area contributed by atoms with Gasteiger partial charge in [-0.15, -0.1) is 36.2 Å². The van der Waals surface area contributed by atoms with Crippen molar-refractivity contribution >= 4 is 42.1 Å². The molecule has 1 unspecified atom stereocenters. The molecule has 3 heterocycles. The van der Waals surface area contributed by atoms with Gasteiger partial charge < -0.3 is 20.2 Å². The number of nitrogens with zero attached hydrogens (tertiary/aromatic N) is 1. The molecule has 0 saturated carbocycles. The van der Waals surface area contributed by atoms with Crippen LogP contribution in [0, 0.1) is 12.8 Å². The molecule has 1 aliphatic rings. The highest BCUT2D eigenvalue weighted by Gasteiger charge is 2.26. The third-order valence-electron chi connectivity index (χ3n) is 4.05. The minimum absolute atomic E-state index is 0. The molecule has 0 aromatic carbocycles. The van der Waals surface area contributed by atoms with Crippen molar-refractivity contribution in [3.8, 4) is 11.5 Å². The topological polar surface area (TPSA) is 90.4 Å². The zero-order valence-corrected chi connectivity index (χ0v) is 16.3. The van der Waals surface area contributed by atoms with Crippen LogP contribution in [-0.4, -0.2) is 30.1 Å². The van der Waals surface area contributed by atoms with Gasteiger partial charge in [-0.05, 0) is 37.8 Å². The molecule has 1 amide bonds. The first-order chi connectivity index (χ1) is 11.1. The van der Waals surface area contributed by atoms with Gasteiger partial charge in [0, 0.05) is 18.6 Å². The van der Waals surface area contributed by atoms with Gasteiger partial charge >= 0.3 is 0 Å². The number of nitrogens with two attached hydrogens (primary N) is 1. The summed E-state index contributed by atoms with van der Waals surface area (Å²) in [7, 11) is 0. The molecular weight excluding hydrogens is 385 g/mol. The van der Waals surface area contributed by atoms with Gasteiger partial charge in [-0.25, -0.2) is 4.98 Å². The number of rotatable bonds is 5. The number of aromatic nitrogens is 1. The largest absolute Gasteiger partial charge is 0.458 e. The van der Waals surface area contributed by atoms with Crippen LogP contribution < -0.4 is 11.1 Å². The summed E-state index contributed by atoms with van der Waals surface area (Å²) in [4.78, 5) is 16.6. The summed E-state index contributed by atoms with van der Waals surface area (Å²) in [5.74, 6) is 1.46. The van der Waals surface area contributed by atoms with Crippen LogP contribution in [0.15, 0.2) is 21.9 Å². The van der Waals surface area contributed by atoms with E-state index in [1.54, 1.807) is 11.3 Å². The Bertz CT molecular complexity index is 671. The van der Waals surface area contributed by atoms with Gasteiger partial charge in [-0.2, -0.15) is 0 Å². The van der Waals surface area contributed by atoms with E-state index >= 15 is 0 Å². The van der Waals surface area contributed by atoms with Crippen molar-refractivity contribution in [3.63, 3.8) is 0 Å². The van der Waals surface area contributed by atoms with Crippen LogP contribution in [0.25, 0.3) is 11.5 Å². The maximum absolute atomic E-state index is 12.2. The number of ether oxygens (including phenoxy) is 1. The van der Waals surface area contributed by atoms with Gasteiger partial charge in [0.25, 0.3) is 0 Å². The van der Waals surface area contributed by atoms with E-state index in [-0.39, 0.29) is 36.6 Å². The summed E-state index contributed by atoms with van der Waals surface area (Å²) in [6, 6.07) is 3.23. The van der Waals surface area contributed by atoms with Crippen molar-refractivity contribution in [2.45, 2.75) is 32.4 Å². The summed E-state index contributed by atoms with van der Waals surface area (Å²) in [5.41, 5.74) is 6.87. The third kappa shape index (κ3) is 5.69. The smallest absolute Gasteiger partial charge is 0.237 e. The van der Waals surface area contributed by atoms with Crippen LogP contribution in [0.2, 0.25) is 0 Å². The second-order valence-electron chi connectivity index (χ2n) is 5.71. The van der Waals surface area contributed by atoms with E-state index in [2.05, 4.69) is 10.3 Å². The highest BCUT2D eigenvalue weighted by Crippen LogP contribution is 2.24. The highest BCUT2D eigenvalue weighted by molar-refractivity contribution is 7.09. The zero-order chi connectivity index (χ0) is 16.2. The van der Waals surface area contributed by atoms with Crippen molar-refractivity contribution in [1.82, 2.24) is 10.3 Å². The first-order valence-corrected chi connectivity index (χ1v) is 8.63. The van der Waals surface area contributed by atoms with Crippen molar-refractivity contribution in [3.05, 3.63) is 28.3 Å². The predicted octanol–water partition coefficient (Wildman–Crippen LogP) is 2.93. The van der Waals surface area contributed by atoms with E-state index < -0.39 is 6.04 Å². The molecule has 0 spiro atoms. The minimum Gasteiger partial charge on any atom is -0.458 e. The third-order valence-corrected chi connectivity index (χ3v) is 4.82. The summed E-state index contributed by atoms with van der Waals surface area (Å²) >= 11 is 1.58. The van der Waals surface area contributed by atoms with Crippen LogP contribution in [0.1, 0.15) is 23.6 Å². The molecule has 3 N–H and O–H groups in total. The van der Waals surface area contributed by atoms with E-state index in [1.165, 1.54) is 0 Å². The molecule has 25 heavy (non-hydrogen) atoms. The summed E-state index contributed by atoms with van der Waals surface area (Å²) in [5, 5.41) is 5.80. The Balaban J connectivity index is 0.00000156. The van der Waals surface area contributed by atoms with Crippen LogP contribution in [0.5, 0.6) is 0 Å². The molecule has 2 aromatic rings. The molecule has 9 heteroatoms. The number of amides is 1. The predicted molar refractivity (Wildman–Crippen MR) is 102 cm³/mol. The van der Waals surface area contributed by atoms with Crippen molar-refractivity contribution < 1.29 is 13.9 Å². The lowest BCUT2D eigenvalue weighted by molar-refractivity contribution is -0.124. The van der Waals surface area contributed by atoms with Crippen molar-refractivity contribution in [1.29, 1.82) is 0 Å². The quantitative estimate of drug-likeness (QED) is 0.794. The van der Waals surface area contributed by atoms with E-state index in [0.29, 0.717) is 31.3 Å². The Morgan fingerprint density at radius 1 is 1.40 bits per heavy atom. The number of halogens is 2. The van der Waals surface area contributed by atoms with Crippen molar-refractivity contribution in [2.24, 2.45) is 11.7 Å². The molecule has 1 atom stereocenters. The average molecular weight is 408 g/mol. The Kier molecular flexibility index (Phi) is 8.88. The van der Waals surface area contributed by atoms with Gasteiger partial charge in [0.05, 0.1) is 17.6 Å². The maximum atomic E-state index is 12.2. The number of hydrogen-bond donors (Lipinski definition) is 2. The lowest BCUT2D eigenvalue weighted by Crippen LogP contribution is -2.46. The van der Waals surface area contributed by atoms with Gasteiger partial charge in [-0.1, -0.05) is 0 Å². The number of aryl methyl sites for hydroxylation is 1. The molecule has 0 aliphatic carbocycles. The molecule has 1 saturated heterocycles. The van der Waals surface area contributed by atoms with Gasteiger partial charge in [0.1, 0.15) is 11.5 Å². The summed E-state index contributed by atoms with van der Waals surface area (Å²) in [6.07, 6.45) is 1.67. The fraction of sp³-hybridized carbons (Fsp3) is 0.500. The van der Waals surface area contributed by atoms with E-state index in [9.17, 15) is 4.79 Å². The van der Waals surface area contributed by atoms with Gasteiger partial charge in [0.15, 0.2) is 5.76 Å². The minimum atomic E-state index is -0.491. The Morgan fingerprint density at radius 3 is 2.76 bits per heavy atom.